The van der Waals surface area contributed by atoms with E-state index in [1.165, 1.54) is 12.4 Å². The molecule has 0 radical (unpaired) electrons. The summed E-state index contributed by atoms with van der Waals surface area (Å²) >= 11 is 0. The van der Waals surface area contributed by atoms with E-state index in [2.05, 4.69) is 20.6 Å². The predicted molar refractivity (Wildman–Crippen MR) is 91.9 cm³/mol. The van der Waals surface area contributed by atoms with Crippen molar-refractivity contribution in [3.63, 3.8) is 0 Å². The van der Waals surface area contributed by atoms with E-state index in [1.54, 1.807) is 6.26 Å². The zero-order chi connectivity index (χ0) is 16.9. The van der Waals surface area contributed by atoms with Gasteiger partial charge in [0.05, 0.1) is 25.2 Å². The third kappa shape index (κ3) is 3.78. The highest BCUT2D eigenvalue weighted by molar-refractivity contribution is 6.03. The van der Waals surface area contributed by atoms with Crippen LogP contribution < -0.4 is 10.6 Å². The smallest absolute Gasteiger partial charge is 0.275 e. The van der Waals surface area contributed by atoms with Gasteiger partial charge in [-0.1, -0.05) is 12.1 Å². The Bertz CT molecular complexity index is 827. The Morgan fingerprint density at radius 1 is 1.17 bits per heavy atom. The maximum absolute atomic E-state index is 12.3. The van der Waals surface area contributed by atoms with E-state index < -0.39 is 0 Å². The van der Waals surface area contributed by atoms with Gasteiger partial charge >= 0.3 is 0 Å². The number of benzene rings is 1. The number of carbonyl (C=O) groups excluding carboxylic acids is 1. The fourth-order valence-corrected chi connectivity index (χ4v) is 2.18. The minimum absolute atomic E-state index is 0.263. The summed E-state index contributed by atoms with van der Waals surface area (Å²) in [4.78, 5) is 20.6. The number of furan rings is 1. The lowest BCUT2D eigenvalue weighted by Gasteiger charge is -2.09. The summed E-state index contributed by atoms with van der Waals surface area (Å²) in [5.41, 5.74) is 3.12. The van der Waals surface area contributed by atoms with Crippen molar-refractivity contribution >= 4 is 17.4 Å². The average Bonchev–Trinajstić information content (AvgIpc) is 3.10. The Morgan fingerprint density at radius 3 is 2.75 bits per heavy atom. The zero-order valence-corrected chi connectivity index (χ0v) is 13.5. The van der Waals surface area contributed by atoms with Gasteiger partial charge < -0.3 is 15.1 Å². The Morgan fingerprint density at radius 2 is 2.04 bits per heavy atom. The molecule has 24 heavy (non-hydrogen) atoms. The molecule has 6 heteroatoms. The molecule has 2 heterocycles. The summed E-state index contributed by atoms with van der Waals surface area (Å²) in [6.07, 6.45) is 4.59. The summed E-state index contributed by atoms with van der Waals surface area (Å²) in [7, 11) is 0. The largest absolute Gasteiger partial charge is 0.467 e. The molecule has 0 fully saturated rings. The Kier molecular flexibility index (Phi) is 4.56. The number of anilines is 2. The fourth-order valence-electron chi connectivity index (χ4n) is 2.18. The molecule has 6 nitrogen and oxygen atoms in total. The molecular weight excluding hydrogens is 304 g/mol. The summed E-state index contributed by atoms with van der Waals surface area (Å²) in [6, 6.07) is 9.60. The summed E-state index contributed by atoms with van der Waals surface area (Å²) < 4.78 is 5.23. The van der Waals surface area contributed by atoms with Crippen LogP contribution in [-0.2, 0) is 6.54 Å². The maximum atomic E-state index is 12.3. The third-order valence-electron chi connectivity index (χ3n) is 3.55. The quantitative estimate of drug-likeness (QED) is 0.751. The maximum Gasteiger partial charge on any atom is 0.275 e. The van der Waals surface area contributed by atoms with Crippen LogP contribution in [0.3, 0.4) is 0 Å². The molecule has 0 atom stereocenters. The van der Waals surface area contributed by atoms with Crippen molar-refractivity contribution in [2.24, 2.45) is 0 Å². The number of aromatic nitrogens is 2. The van der Waals surface area contributed by atoms with Crippen molar-refractivity contribution in [1.82, 2.24) is 9.97 Å². The van der Waals surface area contributed by atoms with Gasteiger partial charge in [-0.3, -0.25) is 4.79 Å². The molecular formula is C18H18N4O2. The zero-order valence-electron chi connectivity index (χ0n) is 13.5. The van der Waals surface area contributed by atoms with Crippen LogP contribution in [-0.4, -0.2) is 15.9 Å². The van der Waals surface area contributed by atoms with E-state index in [0.717, 1.165) is 22.6 Å². The van der Waals surface area contributed by atoms with Crippen LogP contribution in [0.5, 0.6) is 0 Å². The van der Waals surface area contributed by atoms with Crippen molar-refractivity contribution in [3.8, 4) is 0 Å². The van der Waals surface area contributed by atoms with Gasteiger partial charge in [-0.2, -0.15) is 0 Å². The Balaban J connectivity index is 1.64. The van der Waals surface area contributed by atoms with Gasteiger partial charge in [-0.25, -0.2) is 9.97 Å². The highest BCUT2D eigenvalue weighted by Gasteiger charge is 2.10. The van der Waals surface area contributed by atoms with Gasteiger partial charge in [0, 0.05) is 5.69 Å². The standard InChI is InChI=1S/C18H18N4O2/c1-12-5-6-13(2)15(8-12)22-18(23)16-10-21-17(11-19-16)20-9-14-4-3-7-24-14/h3-8,10-11H,9H2,1-2H3,(H,20,21)(H,22,23). The number of hydrogen-bond acceptors (Lipinski definition) is 5. The van der Waals surface area contributed by atoms with Gasteiger partial charge in [0.15, 0.2) is 0 Å². The third-order valence-corrected chi connectivity index (χ3v) is 3.55. The van der Waals surface area contributed by atoms with E-state index >= 15 is 0 Å². The topological polar surface area (TPSA) is 80.0 Å². The molecule has 0 aliphatic rings. The lowest BCUT2D eigenvalue weighted by atomic mass is 10.1. The highest BCUT2D eigenvalue weighted by atomic mass is 16.3. The van der Waals surface area contributed by atoms with E-state index in [9.17, 15) is 4.79 Å². The minimum atomic E-state index is -0.284. The SMILES string of the molecule is Cc1ccc(C)c(NC(=O)c2cnc(NCc3ccco3)cn2)c1. The molecule has 0 saturated carbocycles. The van der Waals surface area contributed by atoms with Gasteiger partial charge in [0.25, 0.3) is 5.91 Å². The molecule has 2 N–H and O–H groups in total. The molecule has 0 spiro atoms. The number of nitrogens with one attached hydrogen (secondary N) is 2. The molecule has 1 aromatic carbocycles. The highest BCUT2D eigenvalue weighted by Crippen LogP contribution is 2.17. The first kappa shape index (κ1) is 15.7. The van der Waals surface area contributed by atoms with Crippen molar-refractivity contribution in [3.05, 3.63) is 71.6 Å². The fraction of sp³-hybridized carbons (Fsp3) is 0.167. The second-order valence-electron chi connectivity index (χ2n) is 5.49. The van der Waals surface area contributed by atoms with Crippen LogP contribution in [0.2, 0.25) is 0 Å². The van der Waals surface area contributed by atoms with Crippen LogP contribution in [0, 0.1) is 13.8 Å². The summed E-state index contributed by atoms with van der Waals surface area (Å²) in [5, 5.41) is 5.94. The first-order chi connectivity index (χ1) is 11.6. The van der Waals surface area contributed by atoms with Crippen molar-refractivity contribution in [1.29, 1.82) is 0 Å². The molecule has 0 aliphatic heterocycles. The molecule has 0 aliphatic carbocycles. The van der Waals surface area contributed by atoms with Crippen LogP contribution in [0.25, 0.3) is 0 Å². The number of hydrogen-bond donors (Lipinski definition) is 2. The normalized spacial score (nSPS) is 10.4. The van der Waals surface area contributed by atoms with Crippen molar-refractivity contribution in [2.75, 3.05) is 10.6 Å². The monoisotopic (exact) mass is 322 g/mol. The number of amides is 1. The van der Waals surface area contributed by atoms with Crippen molar-refractivity contribution < 1.29 is 9.21 Å². The predicted octanol–water partition coefficient (Wildman–Crippen LogP) is 3.55. The molecule has 122 valence electrons. The lowest BCUT2D eigenvalue weighted by molar-refractivity contribution is 0.102. The summed E-state index contributed by atoms with van der Waals surface area (Å²) in [5.74, 6) is 1.09. The molecule has 2 aromatic heterocycles. The van der Waals surface area contributed by atoms with E-state index in [4.69, 9.17) is 4.42 Å². The molecule has 0 unspecified atom stereocenters. The van der Waals surface area contributed by atoms with Crippen LogP contribution in [0.1, 0.15) is 27.4 Å². The molecule has 1 amide bonds. The second kappa shape index (κ2) is 6.95. The van der Waals surface area contributed by atoms with Gasteiger partial charge in [0.1, 0.15) is 17.3 Å². The van der Waals surface area contributed by atoms with Gasteiger partial charge in [-0.15, -0.1) is 0 Å². The Hall–Kier alpha value is -3.15. The van der Waals surface area contributed by atoms with Gasteiger partial charge in [-0.05, 0) is 43.2 Å². The Labute approximate surface area is 140 Å². The summed E-state index contributed by atoms with van der Waals surface area (Å²) in [6.45, 7) is 4.44. The lowest BCUT2D eigenvalue weighted by Crippen LogP contribution is -2.15. The van der Waals surface area contributed by atoms with Crippen LogP contribution >= 0.6 is 0 Å². The van der Waals surface area contributed by atoms with E-state index in [1.807, 2.05) is 44.2 Å². The molecule has 0 saturated heterocycles. The molecule has 3 aromatic rings. The van der Waals surface area contributed by atoms with E-state index in [0.29, 0.717) is 12.4 Å². The first-order valence-electron chi connectivity index (χ1n) is 7.59. The number of rotatable bonds is 5. The van der Waals surface area contributed by atoms with Crippen molar-refractivity contribution in [2.45, 2.75) is 20.4 Å². The first-order valence-corrected chi connectivity index (χ1v) is 7.59. The number of carbonyl (C=O) groups is 1. The average molecular weight is 322 g/mol. The van der Waals surface area contributed by atoms with Gasteiger partial charge in [0.2, 0.25) is 0 Å². The van der Waals surface area contributed by atoms with Crippen LogP contribution in [0.15, 0.2) is 53.4 Å². The molecule has 0 bridgehead atoms. The second-order valence-corrected chi connectivity index (χ2v) is 5.49. The number of aryl methyl sites for hydroxylation is 2. The van der Waals surface area contributed by atoms with Crippen LogP contribution in [0.4, 0.5) is 11.5 Å². The minimum Gasteiger partial charge on any atom is -0.467 e. The number of nitrogens with zero attached hydrogens (tertiary/aromatic N) is 2. The van der Waals surface area contributed by atoms with E-state index in [-0.39, 0.29) is 11.6 Å². The molecule has 3 rings (SSSR count).